The van der Waals surface area contributed by atoms with Crippen LogP contribution in [0.2, 0.25) is 5.02 Å². The van der Waals surface area contributed by atoms with Crippen molar-refractivity contribution in [2.45, 2.75) is 20.8 Å². The molecule has 0 radical (unpaired) electrons. The fourth-order valence-corrected chi connectivity index (χ4v) is 2.22. The van der Waals surface area contributed by atoms with Crippen LogP contribution in [0.3, 0.4) is 0 Å². The number of aromatic nitrogens is 1. The molecular weight excluding hydrogens is 326 g/mol. The van der Waals surface area contributed by atoms with Crippen molar-refractivity contribution in [2.24, 2.45) is 5.92 Å². The standard InChI is InChI=1S/C18H22ClN3O2/c1-11(2)9-20-13-5-6-15(21-10-13)18(23)22-16-7-12(3)14(19)8-17(16)24-4/h5-8,10-11,20H,9H2,1-4H3,(H,22,23). The van der Waals surface area contributed by atoms with E-state index < -0.39 is 0 Å². The van der Waals surface area contributed by atoms with Gasteiger partial charge in [0.15, 0.2) is 0 Å². The average molecular weight is 348 g/mol. The molecular formula is C18H22ClN3O2. The van der Waals surface area contributed by atoms with Crippen molar-refractivity contribution in [3.63, 3.8) is 0 Å². The summed E-state index contributed by atoms with van der Waals surface area (Å²) in [5, 5.41) is 6.66. The highest BCUT2D eigenvalue weighted by molar-refractivity contribution is 6.31. The molecule has 5 nitrogen and oxygen atoms in total. The van der Waals surface area contributed by atoms with Crippen LogP contribution < -0.4 is 15.4 Å². The van der Waals surface area contributed by atoms with Gasteiger partial charge >= 0.3 is 0 Å². The summed E-state index contributed by atoms with van der Waals surface area (Å²) in [6, 6.07) is 6.98. The van der Waals surface area contributed by atoms with E-state index in [-0.39, 0.29) is 5.91 Å². The van der Waals surface area contributed by atoms with Crippen LogP contribution in [0.4, 0.5) is 11.4 Å². The lowest BCUT2D eigenvalue weighted by Gasteiger charge is -2.12. The molecule has 1 aromatic carbocycles. The molecule has 0 fully saturated rings. The second-order valence-electron chi connectivity index (χ2n) is 5.96. The van der Waals surface area contributed by atoms with Crippen LogP contribution in [0.15, 0.2) is 30.5 Å². The van der Waals surface area contributed by atoms with Gasteiger partial charge in [0.05, 0.1) is 24.7 Å². The van der Waals surface area contributed by atoms with E-state index in [4.69, 9.17) is 16.3 Å². The summed E-state index contributed by atoms with van der Waals surface area (Å²) >= 11 is 6.08. The molecule has 1 heterocycles. The number of anilines is 2. The van der Waals surface area contributed by atoms with Crippen LogP contribution in [-0.2, 0) is 0 Å². The maximum Gasteiger partial charge on any atom is 0.274 e. The topological polar surface area (TPSA) is 63.2 Å². The fraction of sp³-hybridized carbons (Fsp3) is 0.333. The molecule has 0 unspecified atom stereocenters. The Morgan fingerprint density at radius 3 is 2.67 bits per heavy atom. The molecule has 128 valence electrons. The van der Waals surface area contributed by atoms with E-state index in [0.717, 1.165) is 17.8 Å². The minimum atomic E-state index is -0.301. The summed E-state index contributed by atoms with van der Waals surface area (Å²) in [6.07, 6.45) is 1.65. The zero-order chi connectivity index (χ0) is 17.7. The molecule has 2 rings (SSSR count). The number of nitrogens with zero attached hydrogens (tertiary/aromatic N) is 1. The largest absolute Gasteiger partial charge is 0.495 e. The smallest absolute Gasteiger partial charge is 0.274 e. The number of nitrogens with one attached hydrogen (secondary N) is 2. The maximum absolute atomic E-state index is 12.4. The first-order valence-electron chi connectivity index (χ1n) is 7.76. The van der Waals surface area contributed by atoms with Crippen molar-refractivity contribution in [3.05, 3.63) is 46.7 Å². The monoisotopic (exact) mass is 347 g/mol. The molecule has 0 aliphatic heterocycles. The van der Waals surface area contributed by atoms with Gasteiger partial charge < -0.3 is 15.4 Å². The Hall–Kier alpha value is -2.27. The van der Waals surface area contributed by atoms with Crippen molar-refractivity contribution >= 4 is 28.9 Å². The number of amides is 1. The Bertz CT molecular complexity index is 715. The molecule has 24 heavy (non-hydrogen) atoms. The lowest BCUT2D eigenvalue weighted by molar-refractivity contribution is 0.102. The summed E-state index contributed by atoms with van der Waals surface area (Å²) in [5.74, 6) is 0.744. The van der Waals surface area contributed by atoms with Gasteiger partial charge in [0.25, 0.3) is 5.91 Å². The van der Waals surface area contributed by atoms with Crippen molar-refractivity contribution in [1.82, 2.24) is 4.98 Å². The van der Waals surface area contributed by atoms with E-state index in [0.29, 0.717) is 28.1 Å². The van der Waals surface area contributed by atoms with Crippen molar-refractivity contribution < 1.29 is 9.53 Å². The van der Waals surface area contributed by atoms with Crippen LogP contribution in [0.25, 0.3) is 0 Å². The highest BCUT2D eigenvalue weighted by Crippen LogP contribution is 2.31. The van der Waals surface area contributed by atoms with Crippen LogP contribution in [0, 0.1) is 12.8 Å². The number of methoxy groups -OCH3 is 1. The van der Waals surface area contributed by atoms with Gasteiger partial charge in [-0.2, -0.15) is 0 Å². The van der Waals surface area contributed by atoms with Gasteiger partial charge in [-0.05, 0) is 36.6 Å². The minimum Gasteiger partial charge on any atom is -0.495 e. The lowest BCUT2D eigenvalue weighted by Crippen LogP contribution is -2.15. The van der Waals surface area contributed by atoms with Crippen molar-refractivity contribution in [3.8, 4) is 5.75 Å². The number of carbonyl (C=O) groups is 1. The first-order valence-corrected chi connectivity index (χ1v) is 8.14. The highest BCUT2D eigenvalue weighted by Gasteiger charge is 2.13. The summed E-state index contributed by atoms with van der Waals surface area (Å²) < 4.78 is 5.26. The van der Waals surface area contributed by atoms with E-state index >= 15 is 0 Å². The van der Waals surface area contributed by atoms with E-state index in [1.807, 2.05) is 13.0 Å². The Balaban J connectivity index is 2.11. The summed E-state index contributed by atoms with van der Waals surface area (Å²) in [5.41, 5.74) is 2.64. The molecule has 2 N–H and O–H groups in total. The number of halogens is 1. The number of benzene rings is 1. The SMILES string of the molecule is COc1cc(Cl)c(C)cc1NC(=O)c1ccc(NCC(C)C)cn1. The summed E-state index contributed by atoms with van der Waals surface area (Å²) in [7, 11) is 1.53. The highest BCUT2D eigenvalue weighted by atomic mass is 35.5. The summed E-state index contributed by atoms with van der Waals surface area (Å²) in [4.78, 5) is 16.6. The van der Waals surface area contributed by atoms with E-state index in [1.165, 1.54) is 7.11 Å². The molecule has 0 aliphatic carbocycles. The first kappa shape index (κ1) is 18.1. The first-order chi connectivity index (χ1) is 11.4. The molecule has 0 saturated carbocycles. The third-order valence-corrected chi connectivity index (χ3v) is 3.85. The van der Waals surface area contributed by atoms with Crippen LogP contribution in [0.1, 0.15) is 29.9 Å². The maximum atomic E-state index is 12.4. The lowest BCUT2D eigenvalue weighted by atomic mass is 10.2. The Labute approximate surface area is 147 Å². The Kier molecular flexibility index (Phi) is 6.04. The molecule has 0 aliphatic rings. The molecule has 0 spiro atoms. The number of aryl methyl sites for hydroxylation is 1. The predicted molar refractivity (Wildman–Crippen MR) is 98.3 cm³/mol. The van der Waals surface area contributed by atoms with Gasteiger partial charge in [-0.15, -0.1) is 0 Å². The predicted octanol–water partition coefficient (Wildman–Crippen LogP) is 4.37. The van der Waals surface area contributed by atoms with Gasteiger partial charge in [0.2, 0.25) is 0 Å². The Morgan fingerprint density at radius 2 is 2.08 bits per heavy atom. The van der Waals surface area contributed by atoms with Gasteiger partial charge in [0.1, 0.15) is 11.4 Å². The van der Waals surface area contributed by atoms with E-state index in [9.17, 15) is 4.79 Å². The molecule has 1 aromatic heterocycles. The van der Waals surface area contributed by atoms with E-state index in [2.05, 4.69) is 29.5 Å². The second kappa shape index (κ2) is 8.02. The fourth-order valence-electron chi connectivity index (χ4n) is 2.07. The summed E-state index contributed by atoms with van der Waals surface area (Å²) in [6.45, 7) is 6.98. The second-order valence-corrected chi connectivity index (χ2v) is 6.37. The molecule has 6 heteroatoms. The zero-order valence-electron chi connectivity index (χ0n) is 14.3. The number of hydrogen-bond acceptors (Lipinski definition) is 4. The van der Waals surface area contributed by atoms with Crippen LogP contribution in [-0.4, -0.2) is 24.5 Å². The average Bonchev–Trinajstić information content (AvgIpc) is 2.56. The quantitative estimate of drug-likeness (QED) is 0.814. The molecule has 2 aromatic rings. The molecule has 0 atom stereocenters. The number of hydrogen-bond donors (Lipinski definition) is 2. The minimum absolute atomic E-state index is 0.301. The zero-order valence-corrected chi connectivity index (χ0v) is 15.1. The third-order valence-electron chi connectivity index (χ3n) is 3.44. The van der Waals surface area contributed by atoms with E-state index in [1.54, 1.807) is 24.4 Å². The third kappa shape index (κ3) is 4.61. The number of ether oxygens (including phenoxy) is 1. The molecule has 1 amide bonds. The van der Waals surface area contributed by atoms with Gasteiger partial charge in [-0.25, -0.2) is 4.98 Å². The van der Waals surface area contributed by atoms with Crippen molar-refractivity contribution in [2.75, 3.05) is 24.3 Å². The van der Waals surface area contributed by atoms with Gasteiger partial charge in [-0.1, -0.05) is 25.4 Å². The number of pyridine rings is 1. The molecule has 0 saturated heterocycles. The molecule has 0 bridgehead atoms. The number of rotatable bonds is 6. The van der Waals surface area contributed by atoms with Gasteiger partial charge in [-0.3, -0.25) is 4.79 Å². The normalized spacial score (nSPS) is 10.6. The number of carbonyl (C=O) groups excluding carboxylic acids is 1. The van der Waals surface area contributed by atoms with Crippen molar-refractivity contribution in [1.29, 1.82) is 0 Å². The Morgan fingerprint density at radius 1 is 1.33 bits per heavy atom. The van der Waals surface area contributed by atoms with Crippen LogP contribution >= 0.6 is 11.6 Å². The van der Waals surface area contributed by atoms with Crippen LogP contribution in [0.5, 0.6) is 5.75 Å². The van der Waals surface area contributed by atoms with Gasteiger partial charge in [0, 0.05) is 17.6 Å².